The average Bonchev–Trinajstić information content (AvgIpc) is 3.13. The summed E-state index contributed by atoms with van der Waals surface area (Å²) in [6.07, 6.45) is 4.03. The minimum atomic E-state index is 0.0325. The summed E-state index contributed by atoms with van der Waals surface area (Å²) in [5.74, 6) is 0.777. The van der Waals surface area contributed by atoms with Gasteiger partial charge in [-0.05, 0) is 42.8 Å². The lowest BCUT2D eigenvalue weighted by molar-refractivity contribution is 0.0930. The number of fused-ring (bicyclic) bond motifs is 3. The highest BCUT2D eigenvalue weighted by Gasteiger charge is 2.40. The van der Waals surface area contributed by atoms with Gasteiger partial charge in [-0.15, -0.1) is 11.3 Å². The molecule has 19 heavy (non-hydrogen) atoms. The fourth-order valence-corrected chi connectivity index (χ4v) is 4.09. The SMILES string of the molecule is O=C(NC1CC2CNC1C2)c1ccnc2sccc12. The number of hydrogen-bond donors (Lipinski definition) is 2. The van der Waals surface area contributed by atoms with Crippen molar-refractivity contribution >= 4 is 27.5 Å². The van der Waals surface area contributed by atoms with E-state index in [0.29, 0.717) is 6.04 Å². The molecule has 2 bridgehead atoms. The number of piperidine rings is 1. The topological polar surface area (TPSA) is 54.0 Å². The van der Waals surface area contributed by atoms with E-state index < -0.39 is 0 Å². The standard InChI is InChI=1S/C14H15N3OS/c18-13(17-12-6-8-5-11(12)16-7-8)9-1-3-15-14-10(9)2-4-19-14/h1-4,8,11-12,16H,5-7H2,(H,17,18). The smallest absolute Gasteiger partial charge is 0.252 e. The normalized spacial score (nSPS) is 28.9. The van der Waals surface area contributed by atoms with Crippen LogP contribution >= 0.6 is 11.3 Å². The molecule has 5 heteroatoms. The van der Waals surface area contributed by atoms with Crippen molar-refractivity contribution in [3.63, 3.8) is 0 Å². The maximum absolute atomic E-state index is 12.4. The Morgan fingerprint density at radius 3 is 3.16 bits per heavy atom. The van der Waals surface area contributed by atoms with Crippen molar-refractivity contribution in [3.8, 4) is 0 Å². The molecule has 98 valence electrons. The summed E-state index contributed by atoms with van der Waals surface area (Å²) in [5, 5.41) is 9.59. The zero-order chi connectivity index (χ0) is 12.8. The van der Waals surface area contributed by atoms with E-state index in [9.17, 15) is 4.79 Å². The number of thiophene rings is 1. The van der Waals surface area contributed by atoms with Crippen LogP contribution in [0.1, 0.15) is 23.2 Å². The summed E-state index contributed by atoms with van der Waals surface area (Å²) in [5.41, 5.74) is 0.744. The first-order valence-electron chi connectivity index (χ1n) is 6.68. The van der Waals surface area contributed by atoms with Crippen LogP contribution in [0.15, 0.2) is 23.7 Å². The number of amides is 1. The molecule has 3 heterocycles. The van der Waals surface area contributed by atoms with Crippen molar-refractivity contribution in [2.45, 2.75) is 24.9 Å². The fraction of sp³-hybridized carbons (Fsp3) is 0.429. The molecule has 2 fully saturated rings. The number of nitrogens with one attached hydrogen (secondary N) is 2. The monoisotopic (exact) mass is 273 g/mol. The molecule has 2 N–H and O–H groups in total. The average molecular weight is 273 g/mol. The third kappa shape index (κ3) is 1.84. The Morgan fingerprint density at radius 2 is 2.37 bits per heavy atom. The molecule has 4 nitrogen and oxygen atoms in total. The van der Waals surface area contributed by atoms with E-state index >= 15 is 0 Å². The van der Waals surface area contributed by atoms with Crippen molar-refractivity contribution in [1.29, 1.82) is 0 Å². The van der Waals surface area contributed by atoms with E-state index in [-0.39, 0.29) is 11.9 Å². The number of hydrogen-bond acceptors (Lipinski definition) is 4. The molecule has 0 aromatic carbocycles. The van der Waals surface area contributed by atoms with Gasteiger partial charge in [0.05, 0.1) is 5.56 Å². The number of aromatic nitrogens is 1. The molecule has 0 radical (unpaired) electrons. The molecule has 2 aliphatic rings. The van der Waals surface area contributed by atoms with Crippen LogP contribution in [0.3, 0.4) is 0 Å². The maximum atomic E-state index is 12.4. The first-order chi connectivity index (χ1) is 9.31. The lowest BCUT2D eigenvalue weighted by atomic mass is 10.1. The molecule has 1 saturated heterocycles. The van der Waals surface area contributed by atoms with E-state index in [1.807, 2.05) is 17.5 Å². The van der Waals surface area contributed by atoms with Gasteiger partial charge in [-0.3, -0.25) is 4.79 Å². The minimum Gasteiger partial charge on any atom is -0.348 e. The van der Waals surface area contributed by atoms with E-state index in [1.54, 1.807) is 17.5 Å². The predicted octanol–water partition coefficient (Wildman–Crippen LogP) is 1.78. The van der Waals surface area contributed by atoms with Gasteiger partial charge in [-0.25, -0.2) is 4.98 Å². The molecule has 0 spiro atoms. The molecule has 3 atom stereocenters. The molecule has 1 amide bonds. The Labute approximate surface area is 115 Å². The molecule has 2 aromatic heterocycles. The van der Waals surface area contributed by atoms with Crippen molar-refractivity contribution in [3.05, 3.63) is 29.3 Å². The van der Waals surface area contributed by atoms with Gasteiger partial charge < -0.3 is 10.6 Å². The number of carbonyl (C=O) groups excluding carboxylic acids is 1. The Hall–Kier alpha value is -1.46. The summed E-state index contributed by atoms with van der Waals surface area (Å²) in [6.45, 7) is 1.11. The van der Waals surface area contributed by atoms with Crippen LogP contribution in [0.2, 0.25) is 0 Å². The van der Waals surface area contributed by atoms with Crippen molar-refractivity contribution < 1.29 is 4.79 Å². The second kappa shape index (κ2) is 4.28. The molecule has 4 rings (SSSR count). The van der Waals surface area contributed by atoms with Crippen LogP contribution in [-0.4, -0.2) is 29.5 Å². The zero-order valence-corrected chi connectivity index (χ0v) is 11.2. The number of pyridine rings is 1. The van der Waals surface area contributed by atoms with E-state index in [4.69, 9.17) is 0 Å². The van der Waals surface area contributed by atoms with E-state index in [2.05, 4.69) is 15.6 Å². The van der Waals surface area contributed by atoms with Crippen LogP contribution in [-0.2, 0) is 0 Å². The second-order valence-corrected chi connectivity index (χ2v) is 6.32. The van der Waals surface area contributed by atoms with Crippen LogP contribution in [0, 0.1) is 5.92 Å². The van der Waals surface area contributed by atoms with Gasteiger partial charge in [0, 0.05) is 23.7 Å². The van der Waals surface area contributed by atoms with Crippen molar-refractivity contribution in [1.82, 2.24) is 15.6 Å². The van der Waals surface area contributed by atoms with Crippen LogP contribution in [0.5, 0.6) is 0 Å². The third-order valence-corrected chi connectivity index (χ3v) is 5.08. The molecule has 1 aliphatic heterocycles. The lowest BCUT2D eigenvalue weighted by Crippen LogP contribution is -2.47. The Kier molecular flexibility index (Phi) is 2.56. The third-order valence-electron chi connectivity index (χ3n) is 4.26. The molecule has 3 unspecified atom stereocenters. The molecular formula is C14H15N3OS. The van der Waals surface area contributed by atoms with Gasteiger partial charge in [-0.1, -0.05) is 0 Å². The van der Waals surface area contributed by atoms with Crippen molar-refractivity contribution in [2.24, 2.45) is 5.92 Å². The van der Waals surface area contributed by atoms with Gasteiger partial charge in [-0.2, -0.15) is 0 Å². The fourth-order valence-electron chi connectivity index (χ4n) is 3.33. The summed E-state index contributed by atoms with van der Waals surface area (Å²) >= 11 is 1.57. The van der Waals surface area contributed by atoms with Gasteiger partial charge >= 0.3 is 0 Å². The first kappa shape index (κ1) is 11.4. The highest BCUT2D eigenvalue weighted by molar-refractivity contribution is 7.16. The van der Waals surface area contributed by atoms with Gasteiger partial charge in [0.15, 0.2) is 0 Å². The summed E-state index contributed by atoms with van der Waals surface area (Å²) < 4.78 is 0. The molecule has 1 aliphatic carbocycles. The van der Waals surface area contributed by atoms with Gasteiger partial charge in [0.25, 0.3) is 5.91 Å². The van der Waals surface area contributed by atoms with Crippen LogP contribution in [0.25, 0.3) is 10.2 Å². The Balaban J connectivity index is 1.59. The number of nitrogens with zero attached hydrogens (tertiary/aromatic N) is 1. The quantitative estimate of drug-likeness (QED) is 0.877. The summed E-state index contributed by atoms with van der Waals surface area (Å²) in [4.78, 5) is 17.6. The van der Waals surface area contributed by atoms with Gasteiger partial charge in [0.2, 0.25) is 0 Å². The summed E-state index contributed by atoms with van der Waals surface area (Å²) in [7, 11) is 0. The maximum Gasteiger partial charge on any atom is 0.252 e. The van der Waals surface area contributed by atoms with Crippen LogP contribution < -0.4 is 10.6 Å². The minimum absolute atomic E-state index is 0.0325. The first-order valence-corrected chi connectivity index (χ1v) is 7.55. The second-order valence-electron chi connectivity index (χ2n) is 5.43. The largest absolute Gasteiger partial charge is 0.348 e. The lowest BCUT2D eigenvalue weighted by Gasteiger charge is -2.24. The van der Waals surface area contributed by atoms with Crippen molar-refractivity contribution in [2.75, 3.05) is 6.54 Å². The van der Waals surface area contributed by atoms with Crippen LogP contribution in [0.4, 0.5) is 0 Å². The van der Waals surface area contributed by atoms with E-state index in [0.717, 1.165) is 34.7 Å². The number of carbonyl (C=O) groups is 1. The summed E-state index contributed by atoms with van der Waals surface area (Å²) in [6, 6.07) is 4.54. The zero-order valence-electron chi connectivity index (χ0n) is 10.4. The van der Waals surface area contributed by atoms with E-state index in [1.165, 1.54) is 6.42 Å². The Morgan fingerprint density at radius 1 is 1.42 bits per heavy atom. The number of rotatable bonds is 2. The Bertz CT molecular complexity index is 638. The highest BCUT2D eigenvalue weighted by atomic mass is 32.1. The molecule has 1 saturated carbocycles. The highest BCUT2D eigenvalue weighted by Crippen LogP contribution is 2.31. The van der Waals surface area contributed by atoms with Gasteiger partial charge in [0.1, 0.15) is 4.83 Å². The molecule has 2 aromatic rings. The predicted molar refractivity (Wildman–Crippen MR) is 75.4 cm³/mol. The molecular weight excluding hydrogens is 258 g/mol.